The molecule has 0 aliphatic carbocycles. The van der Waals surface area contributed by atoms with Crippen molar-refractivity contribution in [3.8, 4) is 0 Å². The fraction of sp³-hybridized carbons (Fsp3) is 0.250. The van der Waals surface area contributed by atoms with Gasteiger partial charge in [0.1, 0.15) is 12.1 Å². The van der Waals surface area contributed by atoms with Crippen LogP contribution in [0.4, 0.5) is 11.4 Å². The van der Waals surface area contributed by atoms with E-state index in [-0.39, 0.29) is 23.6 Å². The number of fused-ring (bicyclic) bond motifs is 5. The van der Waals surface area contributed by atoms with Gasteiger partial charge in [-0.25, -0.2) is 19.8 Å². The molecule has 6 heterocycles. The molecule has 4 saturated heterocycles. The Labute approximate surface area is 250 Å². The van der Waals surface area contributed by atoms with Crippen molar-refractivity contribution in [1.29, 1.82) is 0 Å². The monoisotopic (exact) mass is 594 g/mol. The third-order valence-electron chi connectivity index (χ3n) is 8.98. The normalized spacial score (nSPS) is 29.1. The molecule has 2 aromatic heterocycles. The van der Waals surface area contributed by atoms with Crippen LogP contribution in [0.1, 0.15) is 33.0 Å². The summed E-state index contributed by atoms with van der Waals surface area (Å²) in [5, 5.41) is 7.73. The number of amides is 4. The first-order valence-corrected chi connectivity index (χ1v) is 15.6. The second-order valence-corrected chi connectivity index (χ2v) is 13.3. The second-order valence-electron chi connectivity index (χ2n) is 11.3. The molecule has 42 heavy (non-hydrogen) atoms. The lowest BCUT2D eigenvalue weighted by molar-refractivity contribution is -0.135. The number of nitrogens with zero attached hydrogens (tertiary/aromatic N) is 4. The van der Waals surface area contributed by atoms with Crippen LogP contribution in [0.15, 0.2) is 83.6 Å². The number of hydrogen-bond acceptors (Lipinski definition) is 8. The molecule has 0 saturated carbocycles. The zero-order valence-corrected chi connectivity index (χ0v) is 24.4. The third kappa shape index (κ3) is 3.40. The average molecular weight is 595 g/mol. The van der Waals surface area contributed by atoms with Gasteiger partial charge in [-0.2, -0.15) is 0 Å². The smallest absolute Gasteiger partial charge is 0.253 e. The molecule has 8 nitrogen and oxygen atoms in total. The summed E-state index contributed by atoms with van der Waals surface area (Å²) in [6.07, 6.45) is 0. The molecule has 4 amide bonds. The van der Waals surface area contributed by atoms with Gasteiger partial charge in [-0.1, -0.05) is 47.5 Å². The number of anilines is 2. The first-order valence-electron chi connectivity index (χ1n) is 13.9. The fourth-order valence-electron chi connectivity index (χ4n) is 7.21. The summed E-state index contributed by atoms with van der Waals surface area (Å²) in [5.41, 5.74) is 3.12. The molecular weight excluding hydrogens is 569 g/mol. The van der Waals surface area contributed by atoms with Crippen LogP contribution in [0.2, 0.25) is 0 Å². The molecule has 0 unspecified atom stereocenters. The largest absolute Gasteiger partial charge is 0.274 e. The van der Waals surface area contributed by atoms with Crippen LogP contribution < -0.4 is 9.80 Å². The quantitative estimate of drug-likeness (QED) is 0.314. The SMILES string of the molecule is Cc1ccc(N2C(=O)[C@@H]3[C@@H](C2=O)N2[C@@H](c4cccs4)[C@@H]4C(=O)N(c5ccc(C)cc5)C(=O)[C@@H]4N2[C@@H]3c2cccs2)cc1. The van der Waals surface area contributed by atoms with Crippen LogP contribution in [0, 0.1) is 25.7 Å². The molecule has 10 heteroatoms. The maximum absolute atomic E-state index is 14.3. The number of imide groups is 2. The van der Waals surface area contributed by atoms with Crippen molar-refractivity contribution >= 4 is 57.7 Å². The van der Waals surface area contributed by atoms with E-state index in [0.29, 0.717) is 11.4 Å². The summed E-state index contributed by atoms with van der Waals surface area (Å²) >= 11 is 2.99. The van der Waals surface area contributed by atoms with Gasteiger partial charge in [0, 0.05) is 9.75 Å². The Kier molecular flexibility index (Phi) is 5.68. The van der Waals surface area contributed by atoms with Crippen molar-refractivity contribution < 1.29 is 19.2 Å². The van der Waals surface area contributed by atoms with Gasteiger partial charge in [-0.15, -0.1) is 22.7 Å². The van der Waals surface area contributed by atoms with E-state index in [2.05, 4.69) is 0 Å². The Bertz CT molecular complexity index is 1610. The van der Waals surface area contributed by atoms with Crippen LogP contribution in [-0.4, -0.2) is 45.7 Å². The summed E-state index contributed by atoms with van der Waals surface area (Å²) in [6.45, 7) is 3.92. The Hall–Kier alpha value is -3.96. The highest BCUT2D eigenvalue weighted by Crippen LogP contribution is 2.60. The number of benzene rings is 2. The van der Waals surface area contributed by atoms with E-state index in [9.17, 15) is 19.2 Å². The lowest BCUT2D eigenvalue weighted by Gasteiger charge is -2.35. The summed E-state index contributed by atoms with van der Waals surface area (Å²) in [5.74, 6) is -2.66. The van der Waals surface area contributed by atoms with Crippen molar-refractivity contribution in [2.75, 3.05) is 9.80 Å². The first-order chi connectivity index (χ1) is 20.4. The summed E-state index contributed by atoms with van der Waals surface area (Å²) in [6, 6.07) is 19.7. The number of carbonyl (C=O) groups excluding carboxylic acids is 4. The second kappa shape index (κ2) is 9.27. The van der Waals surface area contributed by atoms with E-state index in [1.54, 1.807) is 24.3 Å². The van der Waals surface area contributed by atoms with Crippen molar-refractivity contribution in [3.05, 3.63) is 104 Å². The molecule has 2 aromatic carbocycles. The van der Waals surface area contributed by atoms with Crippen LogP contribution in [0.3, 0.4) is 0 Å². The number of thiophene rings is 2. The van der Waals surface area contributed by atoms with Gasteiger partial charge in [0.15, 0.2) is 0 Å². The Morgan fingerprint density at radius 2 is 0.881 bits per heavy atom. The highest BCUT2D eigenvalue weighted by atomic mass is 32.1. The van der Waals surface area contributed by atoms with Crippen molar-refractivity contribution in [2.45, 2.75) is 38.0 Å². The Balaban J connectivity index is 1.30. The molecule has 0 spiro atoms. The van der Waals surface area contributed by atoms with Gasteiger partial charge in [-0.3, -0.25) is 19.2 Å². The van der Waals surface area contributed by atoms with Gasteiger partial charge in [0.05, 0.1) is 35.3 Å². The molecule has 210 valence electrons. The molecule has 4 fully saturated rings. The molecule has 4 aromatic rings. The summed E-state index contributed by atoms with van der Waals surface area (Å²) in [7, 11) is 0. The number of carbonyl (C=O) groups is 4. The molecular formula is C32H26N4O4S2. The molecule has 0 bridgehead atoms. The Morgan fingerprint density at radius 1 is 0.500 bits per heavy atom. The van der Waals surface area contributed by atoms with Crippen molar-refractivity contribution in [1.82, 2.24) is 10.0 Å². The lowest BCUT2D eigenvalue weighted by atomic mass is 9.88. The van der Waals surface area contributed by atoms with E-state index in [1.165, 1.54) is 32.5 Å². The first kappa shape index (κ1) is 25.7. The zero-order chi connectivity index (χ0) is 28.9. The van der Waals surface area contributed by atoms with Gasteiger partial charge in [-0.05, 0) is 61.0 Å². The third-order valence-corrected chi connectivity index (χ3v) is 10.9. The highest BCUT2D eigenvalue weighted by molar-refractivity contribution is 7.10. The minimum Gasteiger partial charge on any atom is -0.274 e. The number of hydrogen-bond donors (Lipinski definition) is 0. The predicted molar refractivity (Wildman–Crippen MR) is 160 cm³/mol. The van der Waals surface area contributed by atoms with E-state index >= 15 is 0 Å². The number of aryl methyl sites for hydroxylation is 2. The number of hydrazine groups is 1. The van der Waals surface area contributed by atoms with Gasteiger partial charge < -0.3 is 0 Å². The van der Waals surface area contributed by atoms with E-state index in [4.69, 9.17) is 0 Å². The summed E-state index contributed by atoms with van der Waals surface area (Å²) < 4.78 is 0. The molecule has 6 atom stereocenters. The van der Waals surface area contributed by atoms with Crippen LogP contribution in [0.5, 0.6) is 0 Å². The van der Waals surface area contributed by atoms with Crippen LogP contribution >= 0.6 is 22.7 Å². The lowest BCUT2D eigenvalue weighted by Crippen LogP contribution is -2.50. The molecule has 8 rings (SSSR count). The molecule has 0 N–H and O–H groups in total. The highest BCUT2D eigenvalue weighted by Gasteiger charge is 2.74. The predicted octanol–water partition coefficient (Wildman–Crippen LogP) is 4.87. The van der Waals surface area contributed by atoms with E-state index in [1.807, 2.05) is 83.2 Å². The van der Waals surface area contributed by atoms with E-state index < -0.39 is 36.0 Å². The van der Waals surface area contributed by atoms with Crippen LogP contribution in [0.25, 0.3) is 0 Å². The van der Waals surface area contributed by atoms with E-state index in [0.717, 1.165) is 20.9 Å². The minimum atomic E-state index is -0.836. The summed E-state index contributed by atoms with van der Waals surface area (Å²) in [4.78, 5) is 61.5. The fourth-order valence-corrected chi connectivity index (χ4v) is 8.94. The minimum absolute atomic E-state index is 0.282. The maximum Gasteiger partial charge on any atom is 0.253 e. The Morgan fingerprint density at radius 3 is 1.21 bits per heavy atom. The topological polar surface area (TPSA) is 81.2 Å². The number of rotatable bonds is 4. The van der Waals surface area contributed by atoms with Gasteiger partial charge in [0.2, 0.25) is 11.8 Å². The van der Waals surface area contributed by atoms with Crippen molar-refractivity contribution in [2.24, 2.45) is 11.8 Å². The zero-order valence-electron chi connectivity index (χ0n) is 22.8. The standard InChI is InChI=1S/C32H26N4O4S2/c1-17-7-11-19(12-8-17)33-29(37)23-25(21-5-3-15-41-21)36-28-24(26(22-6-4-16-42-22)35(36)27(23)31(33)39)30(38)34(32(28)40)20-13-9-18(2)10-14-20/h3-16,23-28H,1-2H3/t23-,24-,25-,26+,27+,28-/m0/s1. The van der Waals surface area contributed by atoms with Gasteiger partial charge >= 0.3 is 0 Å². The van der Waals surface area contributed by atoms with Gasteiger partial charge in [0.25, 0.3) is 11.8 Å². The molecule has 4 aliphatic heterocycles. The molecule has 4 aliphatic rings. The van der Waals surface area contributed by atoms with Crippen LogP contribution in [-0.2, 0) is 19.2 Å². The van der Waals surface area contributed by atoms with Crippen molar-refractivity contribution in [3.63, 3.8) is 0 Å². The maximum atomic E-state index is 14.3. The average Bonchev–Trinajstić information content (AvgIpc) is 3.81. The molecule has 0 radical (unpaired) electrons.